The number of anilines is 1. The van der Waals surface area contributed by atoms with E-state index in [1.54, 1.807) is 18.5 Å². The molecule has 0 aliphatic rings. The average Bonchev–Trinajstić information content (AvgIpc) is 3.02. The van der Waals surface area contributed by atoms with Gasteiger partial charge in [-0.3, -0.25) is 4.40 Å². The van der Waals surface area contributed by atoms with E-state index in [9.17, 15) is 8.42 Å². The summed E-state index contributed by atoms with van der Waals surface area (Å²) in [4.78, 5) is 8.41. The maximum absolute atomic E-state index is 12.3. The Labute approximate surface area is 117 Å². The number of rotatable bonds is 4. The van der Waals surface area contributed by atoms with Gasteiger partial charge < -0.3 is 10.3 Å². The highest BCUT2D eigenvalue weighted by molar-refractivity contribution is 7.89. The van der Waals surface area contributed by atoms with Crippen LogP contribution in [0.5, 0.6) is 0 Å². The summed E-state index contributed by atoms with van der Waals surface area (Å²) >= 11 is 1.30. The molecule has 20 heavy (non-hydrogen) atoms. The topological polar surface area (TPSA) is 128 Å². The van der Waals surface area contributed by atoms with Gasteiger partial charge in [-0.2, -0.15) is 4.98 Å². The summed E-state index contributed by atoms with van der Waals surface area (Å²) < 4.78 is 33.1. The lowest BCUT2D eigenvalue weighted by Gasteiger charge is -2.04. The number of hydrogen-bond donors (Lipinski definition) is 2. The Kier molecular flexibility index (Phi) is 2.96. The van der Waals surface area contributed by atoms with Gasteiger partial charge in [-0.15, -0.1) is 11.3 Å². The molecule has 0 amide bonds. The summed E-state index contributed by atoms with van der Waals surface area (Å²) in [5, 5.41) is 5.25. The van der Waals surface area contributed by atoms with Crippen LogP contribution in [0.4, 0.5) is 5.82 Å². The number of nitrogens with one attached hydrogen (secondary N) is 1. The van der Waals surface area contributed by atoms with Crippen LogP contribution in [0.3, 0.4) is 0 Å². The normalized spacial score (nSPS) is 12.2. The Hall–Kier alpha value is -1.98. The van der Waals surface area contributed by atoms with Crippen LogP contribution in [-0.2, 0) is 16.6 Å². The molecule has 0 saturated carbocycles. The molecule has 11 heteroatoms. The molecule has 0 aliphatic heterocycles. The molecule has 3 aromatic rings. The first kappa shape index (κ1) is 13.0. The highest BCUT2D eigenvalue weighted by atomic mass is 32.2. The number of imidazole rings is 1. The van der Waals surface area contributed by atoms with E-state index in [2.05, 4.69) is 19.8 Å². The van der Waals surface area contributed by atoms with Crippen molar-refractivity contribution in [2.75, 3.05) is 5.73 Å². The van der Waals surface area contributed by atoms with Crippen LogP contribution in [0.2, 0.25) is 0 Å². The molecule has 0 saturated heterocycles. The van der Waals surface area contributed by atoms with Gasteiger partial charge in [0, 0.05) is 18.5 Å². The van der Waals surface area contributed by atoms with E-state index < -0.39 is 10.0 Å². The average molecular weight is 314 g/mol. The van der Waals surface area contributed by atoms with Gasteiger partial charge >= 0.3 is 0 Å². The lowest BCUT2D eigenvalue weighted by Crippen LogP contribution is -2.25. The molecule has 0 atom stereocenters. The Balaban J connectivity index is 1.91. The Morgan fingerprint density at radius 2 is 2.30 bits per heavy atom. The second-order valence-electron chi connectivity index (χ2n) is 3.91. The lowest BCUT2D eigenvalue weighted by molar-refractivity contribution is 0.387. The van der Waals surface area contributed by atoms with Crippen molar-refractivity contribution in [2.24, 2.45) is 0 Å². The first-order chi connectivity index (χ1) is 9.47. The largest absolute Gasteiger partial charge is 0.381 e. The van der Waals surface area contributed by atoms with Crippen LogP contribution >= 0.6 is 11.3 Å². The van der Waals surface area contributed by atoms with E-state index in [1.807, 2.05) is 0 Å². The molecule has 3 aromatic heterocycles. The molecule has 3 N–H and O–H groups in total. The lowest BCUT2D eigenvalue weighted by atomic mass is 10.6. The molecule has 0 radical (unpaired) electrons. The zero-order valence-electron chi connectivity index (χ0n) is 10.3. The van der Waals surface area contributed by atoms with Gasteiger partial charge in [0.05, 0.1) is 6.54 Å². The predicted molar refractivity (Wildman–Crippen MR) is 70.5 cm³/mol. The molecule has 3 heterocycles. The predicted octanol–water partition coefficient (Wildman–Crippen LogP) is 0.148. The molecule has 3 rings (SSSR count). The fourth-order valence-corrected chi connectivity index (χ4v) is 3.65. The quantitative estimate of drug-likeness (QED) is 0.701. The maximum atomic E-state index is 12.3. The highest BCUT2D eigenvalue weighted by Gasteiger charge is 2.24. The molecular weight excluding hydrogens is 304 g/mol. The van der Waals surface area contributed by atoms with Gasteiger partial charge in [0.25, 0.3) is 10.0 Å². The SMILES string of the molecule is Cc1nc(CNS(=O)(=O)c2c(N)nc3sccn23)no1. The summed E-state index contributed by atoms with van der Waals surface area (Å²) in [5.74, 6) is 0.563. The molecule has 0 aliphatic carbocycles. The Bertz CT molecular complexity index is 861. The highest BCUT2D eigenvalue weighted by Crippen LogP contribution is 2.23. The number of sulfonamides is 1. The monoisotopic (exact) mass is 314 g/mol. The van der Waals surface area contributed by atoms with Crippen molar-refractivity contribution in [2.45, 2.75) is 18.5 Å². The van der Waals surface area contributed by atoms with E-state index in [0.717, 1.165) is 0 Å². The van der Waals surface area contributed by atoms with Gasteiger partial charge in [-0.05, 0) is 0 Å². The number of thiazole rings is 1. The van der Waals surface area contributed by atoms with Gasteiger partial charge in [-0.25, -0.2) is 18.1 Å². The van der Waals surface area contributed by atoms with Crippen LogP contribution in [0.25, 0.3) is 4.96 Å². The third-order valence-corrected chi connectivity index (χ3v) is 4.68. The number of nitrogens with zero attached hydrogens (tertiary/aromatic N) is 4. The third-order valence-electron chi connectivity index (χ3n) is 2.49. The molecule has 0 bridgehead atoms. The molecule has 0 unspecified atom stereocenters. The molecular formula is C9H10N6O3S2. The minimum absolute atomic E-state index is 0.0476. The van der Waals surface area contributed by atoms with Crippen molar-refractivity contribution in [3.8, 4) is 0 Å². The van der Waals surface area contributed by atoms with Gasteiger partial charge in [0.15, 0.2) is 21.6 Å². The van der Waals surface area contributed by atoms with Crippen molar-refractivity contribution in [1.82, 2.24) is 24.2 Å². The van der Waals surface area contributed by atoms with E-state index in [1.165, 1.54) is 15.7 Å². The summed E-state index contributed by atoms with van der Waals surface area (Å²) in [6.07, 6.45) is 1.59. The fraction of sp³-hybridized carbons (Fsp3) is 0.222. The van der Waals surface area contributed by atoms with E-state index in [0.29, 0.717) is 10.9 Å². The van der Waals surface area contributed by atoms with Gasteiger partial charge in [0.2, 0.25) is 5.89 Å². The van der Waals surface area contributed by atoms with Crippen LogP contribution in [-0.4, -0.2) is 27.9 Å². The number of fused-ring (bicyclic) bond motifs is 1. The van der Waals surface area contributed by atoms with Crippen LogP contribution < -0.4 is 10.5 Å². The van der Waals surface area contributed by atoms with Crippen molar-refractivity contribution in [3.63, 3.8) is 0 Å². The smallest absolute Gasteiger partial charge is 0.260 e. The number of nitrogen functional groups attached to an aromatic ring is 1. The third kappa shape index (κ3) is 2.15. The minimum Gasteiger partial charge on any atom is -0.381 e. The summed E-state index contributed by atoms with van der Waals surface area (Å²) in [5.41, 5.74) is 5.66. The zero-order chi connectivity index (χ0) is 14.3. The fourth-order valence-electron chi connectivity index (χ4n) is 1.69. The van der Waals surface area contributed by atoms with Gasteiger partial charge in [-0.1, -0.05) is 5.16 Å². The van der Waals surface area contributed by atoms with E-state index in [4.69, 9.17) is 10.3 Å². The Morgan fingerprint density at radius 3 is 3.00 bits per heavy atom. The number of nitrogens with two attached hydrogens (primary N) is 1. The first-order valence-electron chi connectivity index (χ1n) is 5.47. The number of aryl methyl sites for hydroxylation is 1. The zero-order valence-corrected chi connectivity index (χ0v) is 11.9. The Morgan fingerprint density at radius 1 is 1.50 bits per heavy atom. The van der Waals surface area contributed by atoms with Crippen LogP contribution in [0.1, 0.15) is 11.7 Å². The van der Waals surface area contributed by atoms with Crippen molar-refractivity contribution in [3.05, 3.63) is 23.3 Å². The molecule has 0 aromatic carbocycles. The second kappa shape index (κ2) is 4.54. The molecule has 9 nitrogen and oxygen atoms in total. The van der Waals surface area contributed by atoms with E-state index >= 15 is 0 Å². The number of hydrogen-bond acceptors (Lipinski definition) is 8. The molecule has 106 valence electrons. The molecule has 0 fully saturated rings. The van der Waals surface area contributed by atoms with Crippen LogP contribution in [0.15, 0.2) is 21.1 Å². The summed E-state index contributed by atoms with van der Waals surface area (Å²) in [7, 11) is -3.82. The van der Waals surface area contributed by atoms with E-state index in [-0.39, 0.29) is 23.2 Å². The van der Waals surface area contributed by atoms with Crippen LogP contribution in [0, 0.1) is 6.92 Å². The molecule has 0 spiro atoms. The van der Waals surface area contributed by atoms with Crippen molar-refractivity contribution in [1.29, 1.82) is 0 Å². The summed E-state index contributed by atoms with van der Waals surface area (Å²) in [6, 6.07) is 0. The standard InChI is InChI=1S/C9H10N6O3S2/c1-5-12-6(14-18-5)4-11-20(16,17)8-7(10)13-9-15(8)2-3-19-9/h2-3,11H,4,10H2,1H3. The van der Waals surface area contributed by atoms with Crippen molar-refractivity contribution < 1.29 is 12.9 Å². The minimum atomic E-state index is -3.82. The first-order valence-corrected chi connectivity index (χ1v) is 7.83. The maximum Gasteiger partial charge on any atom is 0.260 e. The number of aromatic nitrogens is 4. The van der Waals surface area contributed by atoms with Crippen molar-refractivity contribution >= 4 is 32.1 Å². The summed E-state index contributed by atoms with van der Waals surface area (Å²) in [6.45, 7) is 1.53. The van der Waals surface area contributed by atoms with Gasteiger partial charge in [0.1, 0.15) is 0 Å². The second-order valence-corrected chi connectivity index (χ2v) is 6.47.